The molecule has 3 N–H and O–H groups in total. The number of carbonyl (C=O) groups excluding carboxylic acids is 1. The molecule has 32 heavy (non-hydrogen) atoms. The molecule has 1 aliphatic rings. The van der Waals surface area contributed by atoms with Gasteiger partial charge in [-0.3, -0.25) is 9.89 Å². The Morgan fingerprint density at radius 1 is 1.25 bits per heavy atom. The van der Waals surface area contributed by atoms with Gasteiger partial charge in [-0.25, -0.2) is 13.9 Å². The third kappa shape index (κ3) is 3.06. The molecule has 1 atom stereocenters. The van der Waals surface area contributed by atoms with Crippen molar-refractivity contribution in [1.29, 1.82) is 0 Å². The first kappa shape index (κ1) is 19.7. The summed E-state index contributed by atoms with van der Waals surface area (Å²) < 4.78 is 21.8. The maximum absolute atomic E-state index is 14.8. The molecule has 5 rings (SSSR count). The van der Waals surface area contributed by atoms with E-state index in [0.717, 1.165) is 16.8 Å². The molecule has 0 fully saturated rings. The van der Waals surface area contributed by atoms with Crippen molar-refractivity contribution in [1.82, 2.24) is 29.8 Å². The number of aromatic amines is 1. The minimum absolute atomic E-state index is 0.0838. The van der Waals surface area contributed by atoms with E-state index in [4.69, 9.17) is 10.5 Å². The lowest BCUT2D eigenvalue weighted by Crippen LogP contribution is -2.27. The number of carbonyl (C=O) groups is 1. The molecule has 0 saturated heterocycles. The molecule has 0 bridgehead atoms. The summed E-state index contributed by atoms with van der Waals surface area (Å²) in [5.74, 6) is -0.543. The predicted octanol–water partition coefficient (Wildman–Crippen LogP) is 2.53. The summed E-state index contributed by atoms with van der Waals surface area (Å²) in [6.07, 6.45) is 4.66. The van der Waals surface area contributed by atoms with Gasteiger partial charge in [0.1, 0.15) is 5.82 Å². The van der Waals surface area contributed by atoms with E-state index in [0.29, 0.717) is 17.2 Å². The van der Waals surface area contributed by atoms with Crippen LogP contribution in [0.25, 0.3) is 28.3 Å². The highest BCUT2D eigenvalue weighted by molar-refractivity contribution is 5.92. The van der Waals surface area contributed by atoms with Crippen molar-refractivity contribution in [2.45, 2.75) is 27.0 Å². The maximum Gasteiger partial charge on any atom is 0.285 e. The molecule has 11 heteroatoms. The number of halogens is 1. The Morgan fingerprint density at radius 3 is 2.75 bits per heavy atom. The van der Waals surface area contributed by atoms with Crippen LogP contribution in [0.2, 0.25) is 0 Å². The molecule has 0 spiro atoms. The van der Waals surface area contributed by atoms with Gasteiger partial charge in [-0.2, -0.15) is 10.1 Å². The van der Waals surface area contributed by atoms with E-state index in [2.05, 4.69) is 25.3 Å². The van der Waals surface area contributed by atoms with Crippen LogP contribution in [0.3, 0.4) is 0 Å². The number of nitrogens with one attached hydrogen (secondary N) is 1. The van der Waals surface area contributed by atoms with Gasteiger partial charge in [0, 0.05) is 34.9 Å². The van der Waals surface area contributed by atoms with E-state index in [9.17, 15) is 9.18 Å². The van der Waals surface area contributed by atoms with Crippen LogP contribution in [-0.2, 0) is 9.53 Å². The van der Waals surface area contributed by atoms with Gasteiger partial charge in [0.05, 0.1) is 17.5 Å². The number of allylic oxidation sites excluding steroid dienone is 1. The van der Waals surface area contributed by atoms with Crippen LogP contribution in [0.4, 0.5) is 10.1 Å². The number of nitrogens with zero attached hydrogens (tertiary/aromatic N) is 6. The average Bonchev–Trinajstić information content (AvgIpc) is 3.45. The highest BCUT2D eigenvalue weighted by atomic mass is 19.1. The second-order valence-electron chi connectivity index (χ2n) is 7.46. The second-order valence-corrected chi connectivity index (χ2v) is 7.46. The number of rotatable bonds is 4. The monoisotopic (exact) mass is 434 g/mol. The molecule has 162 valence electrons. The average molecular weight is 434 g/mol. The topological polar surface area (TPSA) is 127 Å². The van der Waals surface area contributed by atoms with E-state index in [1.807, 2.05) is 6.92 Å². The van der Waals surface area contributed by atoms with Gasteiger partial charge in [-0.05, 0) is 39.0 Å². The minimum atomic E-state index is -0.657. The number of ether oxygens (including phenoxy) is 1. The zero-order valence-electron chi connectivity index (χ0n) is 17.5. The summed E-state index contributed by atoms with van der Waals surface area (Å²) in [6, 6.07) is 4.53. The highest BCUT2D eigenvalue weighted by Gasteiger charge is 2.32. The zero-order valence-corrected chi connectivity index (χ0v) is 17.5. The number of fused-ring (bicyclic) bond motifs is 1. The molecule has 1 aromatic carbocycles. The molecule has 0 aliphatic carbocycles. The molecule has 10 nitrogen and oxygen atoms in total. The fraction of sp³-hybridized carbons (Fsp3) is 0.190. The van der Waals surface area contributed by atoms with Crippen LogP contribution in [-0.4, -0.2) is 41.9 Å². The van der Waals surface area contributed by atoms with Crippen LogP contribution < -0.4 is 10.6 Å². The van der Waals surface area contributed by atoms with Crippen molar-refractivity contribution in [2.24, 2.45) is 5.73 Å². The van der Waals surface area contributed by atoms with Crippen LogP contribution >= 0.6 is 0 Å². The molecule has 4 heterocycles. The summed E-state index contributed by atoms with van der Waals surface area (Å²) in [5, 5.41) is 11.3. The van der Waals surface area contributed by atoms with Crippen molar-refractivity contribution in [3.05, 3.63) is 59.8 Å². The molecule has 1 aliphatic heterocycles. The smallest absolute Gasteiger partial charge is 0.285 e. The molecule has 0 saturated carbocycles. The van der Waals surface area contributed by atoms with Crippen LogP contribution in [0, 0.1) is 12.7 Å². The number of amides is 1. The summed E-state index contributed by atoms with van der Waals surface area (Å²) in [6.45, 7) is 5.40. The number of hydrogen-bond donors (Lipinski definition) is 2. The molecule has 3 aromatic heterocycles. The Morgan fingerprint density at radius 2 is 2.06 bits per heavy atom. The Balaban J connectivity index is 1.57. The SMILES string of the molecule is CC1=C(C(N)=O)OC(C)N1c1ccc(F)c(-c2nc3ncc(-c4cn[nH]c4C)cn3n2)c1. The van der Waals surface area contributed by atoms with Gasteiger partial charge in [0.15, 0.2) is 12.1 Å². The first-order valence-corrected chi connectivity index (χ1v) is 9.82. The van der Waals surface area contributed by atoms with Crippen LogP contribution in [0.15, 0.2) is 48.2 Å². The Hall–Kier alpha value is -4.28. The molecule has 4 aromatic rings. The number of aromatic nitrogens is 6. The number of benzene rings is 1. The Labute approximate surface area is 181 Å². The lowest BCUT2D eigenvalue weighted by atomic mass is 10.1. The third-order valence-electron chi connectivity index (χ3n) is 5.37. The predicted molar refractivity (Wildman–Crippen MR) is 113 cm³/mol. The molecular weight excluding hydrogens is 415 g/mol. The van der Waals surface area contributed by atoms with E-state index in [-0.39, 0.29) is 17.1 Å². The first-order valence-electron chi connectivity index (χ1n) is 9.82. The van der Waals surface area contributed by atoms with Gasteiger partial charge in [-0.15, -0.1) is 5.10 Å². The largest absolute Gasteiger partial charge is 0.463 e. The summed E-state index contributed by atoms with van der Waals surface area (Å²) in [7, 11) is 0. The fourth-order valence-electron chi connectivity index (χ4n) is 3.84. The van der Waals surface area contributed by atoms with Crippen molar-refractivity contribution < 1.29 is 13.9 Å². The summed E-state index contributed by atoms with van der Waals surface area (Å²) >= 11 is 0. The number of nitrogens with two attached hydrogens (primary N) is 1. The number of aryl methyl sites for hydroxylation is 1. The van der Waals surface area contributed by atoms with Gasteiger partial charge >= 0.3 is 0 Å². The van der Waals surface area contributed by atoms with Gasteiger partial charge in [0.25, 0.3) is 11.7 Å². The van der Waals surface area contributed by atoms with E-state index < -0.39 is 18.0 Å². The number of hydrogen-bond acceptors (Lipinski definition) is 7. The standard InChI is InChI=1S/C21H19FN8O2/c1-10-16(8-25-27-10)13-7-24-21-26-20(28-29(21)9-13)15-6-14(4-5-17(15)22)30-11(2)18(19(23)31)32-12(30)3/h4-9,12H,1-3H3,(H2,23,31)(H,25,27). The van der Waals surface area contributed by atoms with Gasteiger partial charge < -0.3 is 15.4 Å². The number of anilines is 1. The first-order chi connectivity index (χ1) is 15.3. The lowest BCUT2D eigenvalue weighted by molar-refractivity contribution is -0.118. The number of primary amides is 1. The Kier molecular flexibility index (Phi) is 4.40. The van der Waals surface area contributed by atoms with Crippen molar-refractivity contribution in [3.63, 3.8) is 0 Å². The lowest BCUT2D eigenvalue weighted by Gasteiger charge is -2.24. The van der Waals surface area contributed by atoms with Crippen molar-refractivity contribution in [3.8, 4) is 22.5 Å². The van der Waals surface area contributed by atoms with Gasteiger partial charge in [0.2, 0.25) is 5.76 Å². The quantitative estimate of drug-likeness (QED) is 0.505. The molecule has 1 unspecified atom stereocenters. The molecular formula is C21H19FN8O2. The van der Waals surface area contributed by atoms with Crippen molar-refractivity contribution in [2.75, 3.05) is 4.90 Å². The second kappa shape index (κ2) is 7.15. The van der Waals surface area contributed by atoms with Crippen molar-refractivity contribution >= 4 is 17.4 Å². The highest BCUT2D eigenvalue weighted by Crippen LogP contribution is 2.34. The zero-order chi connectivity index (χ0) is 22.6. The number of H-pyrrole nitrogens is 1. The van der Waals surface area contributed by atoms with Crippen LogP contribution in [0.1, 0.15) is 19.5 Å². The maximum atomic E-state index is 14.8. The van der Waals surface area contributed by atoms with E-state index >= 15 is 0 Å². The third-order valence-corrected chi connectivity index (χ3v) is 5.37. The van der Waals surface area contributed by atoms with E-state index in [1.165, 1.54) is 10.6 Å². The summed E-state index contributed by atoms with van der Waals surface area (Å²) in [4.78, 5) is 22.1. The van der Waals surface area contributed by atoms with Gasteiger partial charge in [-0.1, -0.05) is 0 Å². The normalized spacial score (nSPS) is 16.1. The Bertz CT molecular complexity index is 1410. The molecule has 0 radical (unpaired) electrons. The minimum Gasteiger partial charge on any atom is -0.463 e. The molecule has 1 amide bonds. The summed E-state index contributed by atoms with van der Waals surface area (Å²) in [5.41, 5.74) is 9.34. The fourth-order valence-corrected chi connectivity index (χ4v) is 3.84. The van der Waals surface area contributed by atoms with Crippen LogP contribution in [0.5, 0.6) is 0 Å². The van der Waals surface area contributed by atoms with E-state index in [1.54, 1.807) is 49.5 Å².